The molecular formula is C22H26N4. The van der Waals surface area contributed by atoms with Crippen LogP contribution in [0.15, 0.2) is 37.0 Å². The van der Waals surface area contributed by atoms with E-state index < -0.39 is 0 Å². The number of H-pyrrole nitrogens is 1. The van der Waals surface area contributed by atoms with E-state index in [2.05, 4.69) is 64.5 Å². The highest BCUT2D eigenvalue weighted by atomic mass is 15.2. The summed E-state index contributed by atoms with van der Waals surface area (Å²) in [5, 5.41) is 8.71. The van der Waals surface area contributed by atoms with E-state index in [1.54, 1.807) is 0 Å². The Morgan fingerprint density at radius 1 is 1.23 bits per heavy atom. The molecule has 0 aliphatic heterocycles. The average Bonchev–Trinajstić information content (AvgIpc) is 3.25. The summed E-state index contributed by atoms with van der Waals surface area (Å²) in [6.07, 6.45) is 7.92. The van der Waals surface area contributed by atoms with Gasteiger partial charge in [0.15, 0.2) is 0 Å². The Morgan fingerprint density at radius 3 is 2.88 bits per heavy atom. The van der Waals surface area contributed by atoms with Gasteiger partial charge >= 0.3 is 0 Å². The first-order valence-electron chi connectivity index (χ1n) is 9.66. The Labute approximate surface area is 154 Å². The molecule has 4 heteroatoms. The van der Waals surface area contributed by atoms with Crippen molar-refractivity contribution in [2.45, 2.75) is 51.1 Å². The van der Waals surface area contributed by atoms with Crippen molar-refractivity contribution < 1.29 is 0 Å². The molecule has 0 spiro atoms. The van der Waals surface area contributed by atoms with Gasteiger partial charge in [-0.2, -0.15) is 5.10 Å². The van der Waals surface area contributed by atoms with Crippen LogP contribution in [0.1, 0.15) is 41.8 Å². The molecule has 4 nitrogen and oxygen atoms in total. The Bertz CT molecular complexity index is 989. The maximum atomic E-state index is 4.57. The molecule has 3 aromatic rings. The van der Waals surface area contributed by atoms with Crippen LogP contribution in [0, 0.1) is 6.92 Å². The van der Waals surface area contributed by atoms with Crippen molar-refractivity contribution in [1.82, 2.24) is 19.7 Å². The van der Waals surface area contributed by atoms with Crippen molar-refractivity contribution in [3.8, 4) is 0 Å². The first kappa shape index (κ1) is 15.7. The normalized spacial score (nSPS) is 19.5. The van der Waals surface area contributed by atoms with Gasteiger partial charge in [0.2, 0.25) is 0 Å². The van der Waals surface area contributed by atoms with Gasteiger partial charge in [0.25, 0.3) is 0 Å². The van der Waals surface area contributed by atoms with E-state index in [0.29, 0.717) is 12.1 Å². The van der Waals surface area contributed by atoms with Crippen LogP contribution in [0.4, 0.5) is 0 Å². The van der Waals surface area contributed by atoms with Crippen molar-refractivity contribution in [1.29, 1.82) is 0 Å². The summed E-state index contributed by atoms with van der Waals surface area (Å²) in [6.45, 7) is 6.72. The summed E-state index contributed by atoms with van der Waals surface area (Å²) in [5.74, 6) is 0. The molecule has 0 bridgehead atoms. The second-order valence-electron chi connectivity index (χ2n) is 8.01. The van der Waals surface area contributed by atoms with E-state index in [4.69, 9.17) is 0 Å². The number of aromatic nitrogens is 3. The second-order valence-corrected chi connectivity index (χ2v) is 8.01. The van der Waals surface area contributed by atoms with Crippen molar-refractivity contribution in [3.05, 3.63) is 59.6 Å². The lowest BCUT2D eigenvalue weighted by Gasteiger charge is -2.37. The van der Waals surface area contributed by atoms with Crippen molar-refractivity contribution in [2.24, 2.45) is 7.05 Å². The zero-order chi connectivity index (χ0) is 17.8. The zero-order valence-corrected chi connectivity index (χ0v) is 15.6. The number of aromatic amines is 1. The highest BCUT2D eigenvalue weighted by Crippen LogP contribution is 2.39. The number of benzene rings is 1. The molecule has 1 fully saturated rings. The third kappa shape index (κ3) is 2.47. The minimum absolute atomic E-state index is 0.528. The fourth-order valence-corrected chi connectivity index (χ4v) is 4.60. The molecule has 0 amide bonds. The van der Waals surface area contributed by atoms with Crippen LogP contribution in [0.2, 0.25) is 0 Å². The average molecular weight is 346 g/mol. The van der Waals surface area contributed by atoms with Gasteiger partial charge in [-0.15, -0.1) is 0 Å². The molecule has 1 N–H and O–H groups in total. The maximum absolute atomic E-state index is 4.57. The van der Waals surface area contributed by atoms with Gasteiger partial charge < -0.3 is 9.47 Å². The molecular weight excluding hydrogens is 320 g/mol. The lowest BCUT2D eigenvalue weighted by Crippen LogP contribution is -2.39. The molecule has 1 saturated carbocycles. The number of hydrogen-bond acceptors (Lipinski definition) is 2. The van der Waals surface area contributed by atoms with Crippen molar-refractivity contribution in [3.63, 3.8) is 0 Å². The molecule has 134 valence electrons. The summed E-state index contributed by atoms with van der Waals surface area (Å²) in [6, 6.07) is 10.2. The van der Waals surface area contributed by atoms with E-state index in [0.717, 1.165) is 12.8 Å². The Balaban J connectivity index is 1.50. The SMILES string of the molecule is C=C(c1cc2cc(C)ccc2n1C)N(C1CC1)C1CCc2[nH]ncc2C1. The molecule has 5 rings (SSSR count). The molecule has 1 atom stereocenters. The third-order valence-electron chi connectivity index (χ3n) is 6.13. The molecule has 1 aromatic carbocycles. The minimum atomic E-state index is 0.528. The largest absolute Gasteiger partial charge is 0.364 e. The van der Waals surface area contributed by atoms with Crippen LogP contribution in [-0.4, -0.2) is 31.7 Å². The predicted molar refractivity (Wildman–Crippen MR) is 106 cm³/mol. The van der Waals surface area contributed by atoms with E-state index in [1.165, 1.54) is 58.4 Å². The molecule has 0 radical (unpaired) electrons. The Morgan fingerprint density at radius 2 is 2.08 bits per heavy atom. The first-order valence-corrected chi connectivity index (χ1v) is 9.66. The summed E-state index contributed by atoms with van der Waals surface area (Å²) in [4.78, 5) is 2.62. The van der Waals surface area contributed by atoms with Gasteiger partial charge in [0, 0.05) is 35.7 Å². The van der Waals surface area contributed by atoms with Crippen LogP contribution < -0.4 is 0 Å². The highest BCUT2D eigenvalue weighted by Gasteiger charge is 2.37. The summed E-state index contributed by atoms with van der Waals surface area (Å²) in [5.41, 5.74) is 7.72. The number of aryl methyl sites for hydroxylation is 3. The third-order valence-corrected chi connectivity index (χ3v) is 6.13. The fraction of sp³-hybridized carbons (Fsp3) is 0.409. The fourth-order valence-electron chi connectivity index (χ4n) is 4.60. The topological polar surface area (TPSA) is 36.9 Å². The van der Waals surface area contributed by atoms with Crippen molar-refractivity contribution >= 4 is 16.6 Å². The van der Waals surface area contributed by atoms with Crippen LogP contribution >= 0.6 is 0 Å². The van der Waals surface area contributed by atoms with Gasteiger partial charge in [-0.3, -0.25) is 5.10 Å². The van der Waals surface area contributed by atoms with Crippen LogP contribution in [0.3, 0.4) is 0 Å². The van der Waals surface area contributed by atoms with Gasteiger partial charge in [-0.05, 0) is 62.8 Å². The summed E-state index contributed by atoms with van der Waals surface area (Å²) < 4.78 is 2.30. The first-order chi connectivity index (χ1) is 12.6. The Kier molecular flexibility index (Phi) is 3.49. The van der Waals surface area contributed by atoms with E-state index in [9.17, 15) is 0 Å². The lowest BCUT2D eigenvalue weighted by atomic mass is 9.91. The highest BCUT2D eigenvalue weighted by molar-refractivity contribution is 5.85. The molecule has 2 aromatic heterocycles. The minimum Gasteiger partial charge on any atom is -0.364 e. The van der Waals surface area contributed by atoms with E-state index in [-0.39, 0.29) is 0 Å². The molecule has 26 heavy (non-hydrogen) atoms. The number of hydrogen-bond donors (Lipinski definition) is 1. The molecule has 0 saturated heterocycles. The van der Waals surface area contributed by atoms with E-state index >= 15 is 0 Å². The number of nitrogens with zero attached hydrogens (tertiary/aromatic N) is 3. The lowest BCUT2D eigenvalue weighted by molar-refractivity contribution is 0.258. The van der Waals surface area contributed by atoms with Crippen LogP contribution in [-0.2, 0) is 19.9 Å². The molecule has 1 unspecified atom stereocenters. The van der Waals surface area contributed by atoms with Gasteiger partial charge in [-0.25, -0.2) is 0 Å². The van der Waals surface area contributed by atoms with E-state index in [1.807, 2.05) is 6.20 Å². The van der Waals surface area contributed by atoms with Gasteiger partial charge in [0.05, 0.1) is 17.6 Å². The predicted octanol–water partition coefficient (Wildman–Crippen LogP) is 4.20. The second kappa shape index (κ2) is 5.76. The maximum Gasteiger partial charge on any atom is 0.0646 e. The summed E-state index contributed by atoms with van der Waals surface area (Å²) in [7, 11) is 2.16. The molecule has 2 aliphatic carbocycles. The van der Waals surface area contributed by atoms with Crippen LogP contribution in [0.5, 0.6) is 0 Å². The van der Waals surface area contributed by atoms with Crippen molar-refractivity contribution in [2.75, 3.05) is 0 Å². The van der Waals surface area contributed by atoms with Crippen LogP contribution in [0.25, 0.3) is 16.6 Å². The monoisotopic (exact) mass is 346 g/mol. The smallest absolute Gasteiger partial charge is 0.0646 e. The summed E-state index contributed by atoms with van der Waals surface area (Å²) >= 11 is 0. The number of nitrogens with one attached hydrogen (secondary N) is 1. The van der Waals surface area contributed by atoms with Gasteiger partial charge in [0.1, 0.15) is 0 Å². The quantitative estimate of drug-likeness (QED) is 0.768. The standard InChI is InChI=1S/C22H26N4/c1-14-4-9-21-16(10-14)12-22(25(21)3)15(2)26(18-5-6-18)19-7-8-20-17(11-19)13-23-24-20/h4,9-10,12-13,18-19H,2,5-8,11H2,1,3H3,(H,23,24). The Hall–Kier alpha value is -2.49. The molecule has 2 aliphatic rings. The molecule has 2 heterocycles. The van der Waals surface area contributed by atoms with Gasteiger partial charge in [-0.1, -0.05) is 18.2 Å². The zero-order valence-electron chi connectivity index (χ0n) is 15.6. The number of fused-ring (bicyclic) bond motifs is 2. The number of rotatable bonds is 4.